The lowest BCUT2D eigenvalue weighted by molar-refractivity contribution is -0.132. The van der Waals surface area contributed by atoms with Gasteiger partial charge in [0.15, 0.2) is 0 Å². The molecule has 1 aliphatic heterocycles. The van der Waals surface area contributed by atoms with Crippen molar-refractivity contribution in [3.63, 3.8) is 0 Å². The normalized spacial score (nSPS) is 17.6. The second-order valence-corrected chi connectivity index (χ2v) is 7.75. The van der Waals surface area contributed by atoms with Gasteiger partial charge in [0.2, 0.25) is 0 Å². The summed E-state index contributed by atoms with van der Waals surface area (Å²) in [5, 5.41) is 11.1. The van der Waals surface area contributed by atoms with Crippen LogP contribution in [0.25, 0.3) is 5.76 Å². The van der Waals surface area contributed by atoms with Crippen molar-refractivity contribution in [2.24, 2.45) is 0 Å². The number of Topliss-reactive ketones (excluding diaryl/α,β-unsaturated/α-hetero) is 1. The van der Waals surface area contributed by atoms with E-state index in [1.165, 1.54) is 12.4 Å². The maximum Gasteiger partial charge on any atom is 0.300 e. The molecule has 0 bridgehead atoms. The van der Waals surface area contributed by atoms with Gasteiger partial charge >= 0.3 is 0 Å². The molecule has 33 heavy (non-hydrogen) atoms. The number of hydrogen-bond acceptors (Lipinski definition) is 5. The average Bonchev–Trinajstić information content (AvgIpc) is 3.04. The van der Waals surface area contributed by atoms with E-state index in [4.69, 9.17) is 4.74 Å². The van der Waals surface area contributed by atoms with Crippen LogP contribution in [-0.2, 0) is 9.59 Å². The van der Waals surface area contributed by atoms with Crippen LogP contribution in [-0.4, -0.2) is 27.9 Å². The zero-order valence-electron chi connectivity index (χ0n) is 17.8. The van der Waals surface area contributed by atoms with E-state index in [2.05, 4.69) is 4.98 Å². The molecular formula is C25H20F2N2O4. The highest BCUT2D eigenvalue weighted by Crippen LogP contribution is 2.43. The van der Waals surface area contributed by atoms with Gasteiger partial charge < -0.3 is 9.84 Å². The van der Waals surface area contributed by atoms with Crippen LogP contribution in [0.5, 0.6) is 5.75 Å². The molecular weight excluding hydrogens is 430 g/mol. The SMILES string of the molecule is CC(C)Oc1cccc(/C(O)=C2\C(=O)C(=O)N(c3ccc(F)cc3F)C2c2cccnc2)c1. The second-order valence-electron chi connectivity index (χ2n) is 7.75. The summed E-state index contributed by atoms with van der Waals surface area (Å²) in [5.41, 5.74) is 0.0953. The van der Waals surface area contributed by atoms with E-state index >= 15 is 0 Å². The molecule has 0 saturated carbocycles. The lowest BCUT2D eigenvalue weighted by Crippen LogP contribution is -2.30. The van der Waals surface area contributed by atoms with Crippen LogP contribution < -0.4 is 9.64 Å². The number of amides is 1. The van der Waals surface area contributed by atoms with Crippen molar-refractivity contribution in [1.82, 2.24) is 4.98 Å². The Hall–Kier alpha value is -4.07. The first-order valence-electron chi connectivity index (χ1n) is 10.2. The van der Waals surface area contributed by atoms with Gasteiger partial charge in [-0.15, -0.1) is 0 Å². The van der Waals surface area contributed by atoms with Crippen molar-refractivity contribution in [3.05, 3.63) is 95.3 Å². The van der Waals surface area contributed by atoms with Crippen LogP contribution in [0.2, 0.25) is 0 Å². The van der Waals surface area contributed by atoms with Crippen molar-refractivity contribution in [1.29, 1.82) is 0 Å². The Balaban J connectivity index is 1.91. The van der Waals surface area contributed by atoms with Gasteiger partial charge in [-0.1, -0.05) is 18.2 Å². The van der Waals surface area contributed by atoms with E-state index in [0.717, 1.165) is 17.0 Å². The minimum Gasteiger partial charge on any atom is -0.507 e. The Kier molecular flexibility index (Phi) is 5.91. The summed E-state index contributed by atoms with van der Waals surface area (Å²) in [4.78, 5) is 31.0. The number of carbonyl (C=O) groups is 2. The molecule has 1 atom stereocenters. The molecule has 1 aromatic heterocycles. The Morgan fingerprint density at radius 3 is 2.55 bits per heavy atom. The Morgan fingerprint density at radius 1 is 1.09 bits per heavy atom. The molecule has 168 valence electrons. The number of hydrogen-bond donors (Lipinski definition) is 1. The molecule has 1 saturated heterocycles. The molecule has 8 heteroatoms. The maximum absolute atomic E-state index is 14.7. The van der Waals surface area contributed by atoms with Crippen molar-refractivity contribution in [2.45, 2.75) is 26.0 Å². The average molecular weight is 450 g/mol. The van der Waals surface area contributed by atoms with Gasteiger partial charge in [-0.05, 0) is 49.7 Å². The summed E-state index contributed by atoms with van der Waals surface area (Å²) >= 11 is 0. The number of rotatable bonds is 5. The molecule has 1 aliphatic rings. The molecule has 2 heterocycles. The predicted octanol–water partition coefficient (Wildman–Crippen LogP) is 4.77. The van der Waals surface area contributed by atoms with Crippen molar-refractivity contribution in [3.8, 4) is 5.75 Å². The van der Waals surface area contributed by atoms with Crippen LogP contribution in [0.3, 0.4) is 0 Å². The van der Waals surface area contributed by atoms with E-state index in [-0.39, 0.29) is 22.9 Å². The largest absolute Gasteiger partial charge is 0.507 e. The minimum atomic E-state index is -1.17. The van der Waals surface area contributed by atoms with E-state index in [1.807, 2.05) is 13.8 Å². The summed E-state index contributed by atoms with van der Waals surface area (Å²) in [6.45, 7) is 3.69. The predicted molar refractivity (Wildman–Crippen MR) is 118 cm³/mol. The highest BCUT2D eigenvalue weighted by Gasteiger charge is 2.47. The van der Waals surface area contributed by atoms with Crippen LogP contribution in [0, 0.1) is 11.6 Å². The number of aliphatic hydroxyl groups excluding tert-OH is 1. The molecule has 4 rings (SSSR count). The third kappa shape index (κ3) is 4.19. The monoisotopic (exact) mass is 450 g/mol. The third-order valence-corrected chi connectivity index (χ3v) is 5.09. The van der Waals surface area contributed by atoms with Crippen LogP contribution in [0.15, 0.2) is 72.6 Å². The zero-order chi connectivity index (χ0) is 23.7. The lowest BCUT2D eigenvalue weighted by atomic mass is 9.96. The molecule has 1 unspecified atom stereocenters. The fourth-order valence-electron chi connectivity index (χ4n) is 3.76. The number of carbonyl (C=O) groups excluding carboxylic acids is 2. The smallest absolute Gasteiger partial charge is 0.300 e. The Morgan fingerprint density at radius 2 is 1.88 bits per heavy atom. The molecule has 0 spiro atoms. The molecule has 0 aliphatic carbocycles. The quantitative estimate of drug-likeness (QED) is 0.344. The van der Waals surface area contributed by atoms with Gasteiger partial charge in [0, 0.05) is 24.0 Å². The number of ketones is 1. The number of pyridine rings is 1. The fourth-order valence-corrected chi connectivity index (χ4v) is 3.76. The van der Waals surface area contributed by atoms with E-state index in [0.29, 0.717) is 17.4 Å². The zero-order valence-corrected chi connectivity index (χ0v) is 17.8. The first kappa shape index (κ1) is 22.1. The number of ether oxygens (including phenoxy) is 1. The number of aromatic nitrogens is 1. The first-order chi connectivity index (χ1) is 15.8. The standard InChI is InChI=1S/C25H20F2N2O4/c1-14(2)33-18-7-3-5-15(11-18)23(30)21-22(16-6-4-10-28-13-16)29(25(32)24(21)31)20-9-8-17(26)12-19(20)27/h3-14,22,30H,1-2H3/b23-21+. The van der Waals surface area contributed by atoms with Crippen LogP contribution in [0.4, 0.5) is 14.5 Å². The molecule has 1 fully saturated rings. The first-order valence-corrected chi connectivity index (χ1v) is 10.2. The topological polar surface area (TPSA) is 79.7 Å². The van der Waals surface area contributed by atoms with Gasteiger partial charge in [0.25, 0.3) is 11.7 Å². The highest BCUT2D eigenvalue weighted by atomic mass is 19.1. The molecule has 3 aromatic rings. The number of benzene rings is 2. The molecule has 0 radical (unpaired) electrons. The van der Waals surface area contributed by atoms with Crippen LogP contribution in [0.1, 0.15) is 31.0 Å². The Bertz CT molecular complexity index is 1260. The van der Waals surface area contributed by atoms with Gasteiger partial charge in [-0.3, -0.25) is 19.5 Å². The van der Waals surface area contributed by atoms with Crippen molar-refractivity contribution >= 4 is 23.1 Å². The summed E-state index contributed by atoms with van der Waals surface area (Å²) in [6, 6.07) is 11.2. The summed E-state index contributed by atoms with van der Waals surface area (Å²) < 4.78 is 33.8. The molecule has 2 aromatic carbocycles. The summed E-state index contributed by atoms with van der Waals surface area (Å²) in [6.07, 6.45) is 2.79. The van der Waals surface area contributed by atoms with Crippen LogP contribution >= 0.6 is 0 Å². The molecule has 1 amide bonds. The van der Waals surface area contributed by atoms with Gasteiger partial charge in [0.05, 0.1) is 23.4 Å². The van der Waals surface area contributed by atoms with Crippen molar-refractivity contribution in [2.75, 3.05) is 4.90 Å². The number of anilines is 1. The van der Waals surface area contributed by atoms with Crippen molar-refractivity contribution < 1.29 is 28.2 Å². The maximum atomic E-state index is 14.7. The fraction of sp³-hybridized carbons (Fsp3) is 0.160. The number of aliphatic hydroxyl groups is 1. The van der Waals surface area contributed by atoms with E-state index in [9.17, 15) is 23.5 Å². The number of nitrogens with zero attached hydrogens (tertiary/aromatic N) is 2. The summed E-state index contributed by atoms with van der Waals surface area (Å²) in [5.74, 6) is -3.87. The van der Waals surface area contributed by atoms with Gasteiger partial charge in [-0.2, -0.15) is 0 Å². The third-order valence-electron chi connectivity index (χ3n) is 5.09. The number of halogens is 2. The van der Waals surface area contributed by atoms with E-state index in [1.54, 1.807) is 36.4 Å². The van der Waals surface area contributed by atoms with Gasteiger partial charge in [-0.25, -0.2) is 8.78 Å². The minimum absolute atomic E-state index is 0.121. The Labute approximate surface area is 188 Å². The highest BCUT2D eigenvalue weighted by molar-refractivity contribution is 6.51. The van der Waals surface area contributed by atoms with Gasteiger partial charge in [0.1, 0.15) is 23.1 Å². The van der Waals surface area contributed by atoms with E-state index < -0.39 is 35.1 Å². The lowest BCUT2D eigenvalue weighted by Gasteiger charge is -2.25. The molecule has 1 N–H and O–H groups in total. The summed E-state index contributed by atoms with van der Waals surface area (Å²) in [7, 11) is 0. The molecule has 6 nitrogen and oxygen atoms in total. The second kappa shape index (κ2) is 8.82.